The van der Waals surface area contributed by atoms with Gasteiger partial charge in [0.05, 0.1) is 12.2 Å². The van der Waals surface area contributed by atoms with Crippen LogP contribution in [0.1, 0.15) is 53.4 Å². The van der Waals surface area contributed by atoms with Crippen molar-refractivity contribution in [2.24, 2.45) is 11.8 Å². The standard InChI is InChI=1S/C39H48O7Si/c1-6-7-15-27(2)24-28(40)22-23-31-34(25-35-37(31)44-33-21-14-20-32(38(33)45-35)43-26-36(41)42)46-47(39(3,4)5,29-16-10-8-11-17-29)30-18-12-9-13-19-30/h6,8-14,16-23,27-28,31,34-35,37,40H,1,7,15,24-26H2,2-5H3,(H,41,42)/b23-22+/t27-,28+,31-,34+,35-,37+/m0/s1. The molecule has 1 fully saturated rings. The first kappa shape index (κ1) is 34.5. The van der Waals surface area contributed by atoms with E-state index in [1.54, 1.807) is 12.1 Å². The molecule has 1 heterocycles. The number of carboxylic acid groups (broad SMARTS) is 1. The molecule has 7 nitrogen and oxygen atoms in total. The normalized spacial score (nSPS) is 22.0. The largest absolute Gasteiger partial charge is 0.482 e. The lowest BCUT2D eigenvalue weighted by Gasteiger charge is -2.45. The minimum Gasteiger partial charge on any atom is -0.482 e. The van der Waals surface area contributed by atoms with E-state index in [-0.39, 0.29) is 29.3 Å². The van der Waals surface area contributed by atoms with Crippen LogP contribution in [0.15, 0.2) is 104 Å². The van der Waals surface area contributed by atoms with Gasteiger partial charge in [-0.15, -0.1) is 6.58 Å². The van der Waals surface area contributed by atoms with Crippen molar-refractivity contribution in [1.29, 1.82) is 0 Å². The third-order valence-electron chi connectivity index (χ3n) is 9.27. The fourth-order valence-electron chi connectivity index (χ4n) is 7.05. The molecule has 250 valence electrons. The number of aliphatic carboxylic acids is 1. The fraction of sp³-hybridized carbons (Fsp3) is 0.410. The van der Waals surface area contributed by atoms with Gasteiger partial charge in [-0.1, -0.05) is 113 Å². The van der Waals surface area contributed by atoms with Crippen LogP contribution in [0.3, 0.4) is 0 Å². The topological polar surface area (TPSA) is 94.5 Å². The van der Waals surface area contributed by atoms with Crippen LogP contribution in [0.25, 0.3) is 0 Å². The van der Waals surface area contributed by atoms with E-state index < -0.39 is 27.0 Å². The summed E-state index contributed by atoms with van der Waals surface area (Å²) in [7, 11) is -2.94. The van der Waals surface area contributed by atoms with E-state index in [2.05, 4.69) is 88.9 Å². The molecule has 3 aromatic carbocycles. The molecule has 6 atom stereocenters. The average molecular weight is 657 g/mol. The molecule has 0 saturated heterocycles. The number of fused-ring (bicyclic) bond motifs is 2. The number of aliphatic hydroxyl groups is 1. The zero-order valence-electron chi connectivity index (χ0n) is 27.9. The first-order chi connectivity index (χ1) is 22.5. The van der Waals surface area contributed by atoms with Gasteiger partial charge in [-0.05, 0) is 52.7 Å². The Morgan fingerprint density at radius 1 is 1.02 bits per heavy atom. The van der Waals surface area contributed by atoms with Crippen LogP contribution in [0.2, 0.25) is 5.04 Å². The number of allylic oxidation sites excluding steroid dienone is 1. The van der Waals surface area contributed by atoms with Crippen molar-refractivity contribution in [2.45, 2.75) is 82.8 Å². The molecule has 8 heteroatoms. The first-order valence-corrected chi connectivity index (χ1v) is 18.5. The van der Waals surface area contributed by atoms with E-state index in [4.69, 9.17) is 18.6 Å². The molecule has 0 radical (unpaired) electrons. The van der Waals surface area contributed by atoms with Crippen LogP contribution in [-0.4, -0.2) is 55.5 Å². The molecule has 2 aliphatic rings. The minimum atomic E-state index is -2.94. The smallest absolute Gasteiger partial charge is 0.341 e. The summed E-state index contributed by atoms with van der Waals surface area (Å²) >= 11 is 0. The predicted molar refractivity (Wildman–Crippen MR) is 187 cm³/mol. The van der Waals surface area contributed by atoms with Crippen LogP contribution in [0.5, 0.6) is 17.2 Å². The second-order valence-electron chi connectivity index (χ2n) is 13.8. The molecular weight excluding hydrogens is 609 g/mol. The highest BCUT2D eigenvalue weighted by Gasteiger charge is 2.56. The van der Waals surface area contributed by atoms with E-state index in [1.165, 1.54) is 10.4 Å². The number of aliphatic hydroxyl groups excluding tert-OH is 1. The van der Waals surface area contributed by atoms with Gasteiger partial charge in [0, 0.05) is 12.3 Å². The average Bonchev–Trinajstić information content (AvgIpc) is 3.38. The van der Waals surface area contributed by atoms with Crippen molar-refractivity contribution in [3.63, 3.8) is 0 Å². The number of hydrogen-bond acceptors (Lipinski definition) is 6. The Bertz CT molecular complexity index is 1480. The summed E-state index contributed by atoms with van der Waals surface area (Å²) in [4.78, 5) is 11.3. The van der Waals surface area contributed by atoms with Gasteiger partial charge >= 0.3 is 5.97 Å². The number of ether oxygens (including phenoxy) is 3. The van der Waals surface area contributed by atoms with Crippen molar-refractivity contribution in [1.82, 2.24) is 0 Å². The molecule has 5 rings (SSSR count). The second-order valence-corrected chi connectivity index (χ2v) is 18.0. The molecule has 0 aromatic heterocycles. The summed E-state index contributed by atoms with van der Waals surface area (Å²) in [5.74, 6) is 0.280. The highest BCUT2D eigenvalue weighted by Crippen LogP contribution is 2.49. The lowest BCUT2D eigenvalue weighted by Crippen LogP contribution is -2.68. The van der Waals surface area contributed by atoms with E-state index in [0.29, 0.717) is 36.0 Å². The zero-order valence-corrected chi connectivity index (χ0v) is 28.9. The Kier molecular flexibility index (Phi) is 10.9. The number of para-hydroxylation sites is 1. The number of rotatable bonds is 14. The van der Waals surface area contributed by atoms with Gasteiger partial charge in [0.1, 0.15) is 12.2 Å². The highest BCUT2D eigenvalue weighted by molar-refractivity contribution is 6.99. The van der Waals surface area contributed by atoms with E-state index >= 15 is 0 Å². The highest BCUT2D eigenvalue weighted by atomic mass is 28.4. The molecule has 1 aliphatic heterocycles. The monoisotopic (exact) mass is 656 g/mol. The number of benzene rings is 3. The maximum absolute atomic E-state index is 11.3. The summed E-state index contributed by atoms with van der Waals surface area (Å²) in [6.45, 7) is 12.3. The predicted octanol–water partition coefficient (Wildman–Crippen LogP) is 6.53. The van der Waals surface area contributed by atoms with Gasteiger partial charge in [-0.3, -0.25) is 0 Å². The van der Waals surface area contributed by atoms with Crippen molar-refractivity contribution < 1.29 is 33.6 Å². The molecule has 0 unspecified atom stereocenters. The Balaban J connectivity index is 1.54. The minimum absolute atomic E-state index is 0.225. The molecular formula is C39H48O7Si. The van der Waals surface area contributed by atoms with E-state index in [9.17, 15) is 15.0 Å². The van der Waals surface area contributed by atoms with Crippen molar-refractivity contribution >= 4 is 24.7 Å². The SMILES string of the molecule is C=CCC[C@H](C)C[C@H](O)/C=C/[C@@H]1[C@H]2Oc3cccc(OCC(=O)O)c3O[C@H]2C[C@H]1O[Si](c1ccccc1)(c1ccccc1)C(C)(C)C. The Hall–Kier alpha value is -3.85. The molecule has 0 amide bonds. The van der Waals surface area contributed by atoms with Gasteiger partial charge in [0.2, 0.25) is 5.75 Å². The van der Waals surface area contributed by atoms with E-state index in [0.717, 1.165) is 12.8 Å². The second kappa shape index (κ2) is 14.9. The molecule has 1 aliphatic carbocycles. The summed E-state index contributed by atoms with van der Waals surface area (Å²) in [5.41, 5.74) is 0. The van der Waals surface area contributed by atoms with Gasteiger partial charge in [-0.25, -0.2) is 4.79 Å². The van der Waals surface area contributed by atoms with Crippen LogP contribution in [0.4, 0.5) is 0 Å². The van der Waals surface area contributed by atoms with Gasteiger partial charge in [-0.2, -0.15) is 0 Å². The first-order valence-electron chi connectivity index (χ1n) is 16.6. The Labute approximate surface area is 280 Å². The fourth-order valence-corrected chi connectivity index (χ4v) is 11.8. The van der Waals surface area contributed by atoms with Crippen molar-refractivity contribution in [3.05, 3.63) is 104 Å². The van der Waals surface area contributed by atoms with Gasteiger partial charge in [0.25, 0.3) is 8.32 Å². The van der Waals surface area contributed by atoms with Crippen molar-refractivity contribution in [2.75, 3.05) is 6.61 Å². The quantitative estimate of drug-likeness (QED) is 0.151. The molecule has 47 heavy (non-hydrogen) atoms. The third kappa shape index (κ3) is 7.66. The van der Waals surface area contributed by atoms with E-state index in [1.807, 2.05) is 30.4 Å². The number of carbonyl (C=O) groups is 1. The molecule has 0 spiro atoms. The third-order valence-corrected chi connectivity index (χ3v) is 14.3. The number of carboxylic acids is 1. The molecule has 2 N–H and O–H groups in total. The lowest BCUT2D eigenvalue weighted by molar-refractivity contribution is -0.139. The maximum atomic E-state index is 11.3. The molecule has 1 saturated carbocycles. The molecule has 3 aromatic rings. The summed E-state index contributed by atoms with van der Waals surface area (Å²) in [6.07, 6.45) is 7.29. The summed E-state index contributed by atoms with van der Waals surface area (Å²) < 4.78 is 26.5. The van der Waals surface area contributed by atoms with Crippen LogP contribution in [-0.2, 0) is 9.22 Å². The Morgan fingerprint density at radius 2 is 1.68 bits per heavy atom. The van der Waals surface area contributed by atoms with Gasteiger partial charge < -0.3 is 28.8 Å². The zero-order chi connectivity index (χ0) is 33.6. The maximum Gasteiger partial charge on any atom is 0.341 e. The Morgan fingerprint density at radius 3 is 2.28 bits per heavy atom. The van der Waals surface area contributed by atoms with Gasteiger partial charge in [0.15, 0.2) is 18.1 Å². The number of hydrogen-bond donors (Lipinski definition) is 2. The molecule has 0 bridgehead atoms. The van der Waals surface area contributed by atoms with Crippen LogP contribution in [0, 0.1) is 11.8 Å². The van der Waals surface area contributed by atoms with Crippen molar-refractivity contribution in [3.8, 4) is 17.2 Å². The van der Waals surface area contributed by atoms with Crippen LogP contribution >= 0.6 is 0 Å². The summed E-state index contributed by atoms with van der Waals surface area (Å²) in [6, 6.07) is 26.4. The van der Waals surface area contributed by atoms with Crippen LogP contribution < -0.4 is 24.6 Å². The lowest BCUT2D eigenvalue weighted by atomic mass is 9.96. The summed E-state index contributed by atoms with van der Waals surface area (Å²) in [5, 5.41) is 22.4.